The summed E-state index contributed by atoms with van der Waals surface area (Å²) in [5.41, 5.74) is 8.44. The summed E-state index contributed by atoms with van der Waals surface area (Å²) in [6, 6.07) is 13.0. The minimum absolute atomic E-state index is 0.0597. The Morgan fingerprint density at radius 2 is 1.79 bits per heavy atom. The van der Waals surface area contributed by atoms with Crippen LogP contribution in [0.4, 0.5) is 11.5 Å². The molecule has 1 saturated heterocycles. The third-order valence-corrected chi connectivity index (χ3v) is 9.02. The van der Waals surface area contributed by atoms with Crippen LogP contribution in [0.1, 0.15) is 30.9 Å². The van der Waals surface area contributed by atoms with Crippen LogP contribution in [0.25, 0.3) is 0 Å². The summed E-state index contributed by atoms with van der Waals surface area (Å²) in [5.74, 6) is 0.461. The molecule has 2 aromatic carbocycles. The van der Waals surface area contributed by atoms with E-state index in [0.29, 0.717) is 33.7 Å². The lowest BCUT2D eigenvalue weighted by molar-refractivity contribution is -0.133. The molecule has 208 valence electrons. The lowest BCUT2D eigenvalue weighted by Crippen LogP contribution is -2.56. The molecule has 3 aromatic rings. The molecule has 1 aliphatic rings. The molecule has 1 fully saturated rings. The Morgan fingerprint density at radius 3 is 2.44 bits per heavy atom. The van der Waals surface area contributed by atoms with Crippen molar-refractivity contribution in [1.29, 1.82) is 0 Å². The zero-order valence-corrected chi connectivity index (χ0v) is 24.3. The Bertz CT molecular complexity index is 1470. The number of amidine groups is 1. The number of aromatic nitrogens is 1. The molecule has 0 saturated carbocycles. The van der Waals surface area contributed by atoms with Gasteiger partial charge >= 0.3 is 0 Å². The second kappa shape index (κ2) is 11.9. The highest BCUT2D eigenvalue weighted by molar-refractivity contribution is 7.90. The van der Waals surface area contributed by atoms with Crippen LogP contribution in [-0.4, -0.2) is 61.3 Å². The number of piperidine rings is 1. The van der Waals surface area contributed by atoms with E-state index < -0.39 is 10.0 Å². The maximum Gasteiger partial charge on any atom is 0.269 e. The molecular weight excluding hydrogens is 559 g/mol. The molecule has 39 heavy (non-hydrogen) atoms. The maximum atomic E-state index is 13.2. The number of likely N-dealkylation sites (tertiary alicyclic amines) is 1. The minimum Gasteiger partial charge on any atom is -0.384 e. The Kier molecular flexibility index (Phi) is 8.78. The second-order valence-corrected chi connectivity index (χ2v) is 12.2. The van der Waals surface area contributed by atoms with Gasteiger partial charge < -0.3 is 21.3 Å². The summed E-state index contributed by atoms with van der Waals surface area (Å²) >= 11 is 12.1. The van der Waals surface area contributed by atoms with E-state index >= 15 is 0 Å². The lowest BCUT2D eigenvalue weighted by atomic mass is 9.96. The molecule has 4 N–H and O–H groups in total. The highest BCUT2D eigenvalue weighted by Gasteiger charge is 2.32. The molecule has 0 radical (unpaired) electrons. The third-order valence-electron chi connectivity index (χ3n) is 6.88. The van der Waals surface area contributed by atoms with E-state index in [0.717, 1.165) is 22.4 Å². The summed E-state index contributed by atoms with van der Waals surface area (Å²) < 4.78 is 27.5. The number of aryl methyl sites for hydroxylation is 1. The van der Waals surface area contributed by atoms with Crippen LogP contribution in [0.5, 0.6) is 0 Å². The Hall–Kier alpha value is -3.21. The van der Waals surface area contributed by atoms with Crippen molar-refractivity contribution in [2.24, 2.45) is 4.99 Å². The van der Waals surface area contributed by atoms with Gasteiger partial charge in [-0.1, -0.05) is 40.9 Å². The van der Waals surface area contributed by atoms with E-state index in [9.17, 15) is 13.2 Å². The maximum absolute atomic E-state index is 13.2. The van der Waals surface area contributed by atoms with E-state index in [2.05, 4.69) is 15.6 Å². The smallest absolute Gasteiger partial charge is 0.269 e. The van der Waals surface area contributed by atoms with Gasteiger partial charge in [-0.05, 0) is 63.1 Å². The molecule has 1 aromatic heterocycles. The predicted molar refractivity (Wildman–Crippen MR) is 157 cm³/mol. The van der Waals surface area contributed by atoms with Crippen molar-refractivity contribution in [3.8, 4) is 0 Å². The van der Waals surface area contributed by atoms with Crippen LogP contribution in [0.15, 0.2) is 64.6 Å². The summed E-state index contributed by atoms with van der Waals surface area (Å²) in [6.45, 7) is 4.59. The van der Waals surface area contributed by atoms with Crippen LogP contribution >= 0.6 is 23.2 Å². The van der Waals surface area contributed by atoms with E-state index in [1.54, 1.807) is 55.6 Å². The first kappa shape index (κ1) is 28.8. The summed E-state index contributed by atoms with van der Waals surface area (Å²) in [4.78, 5) is 19.4. The van der Waals surface area contributed by atoms with Crippen LogP contribution in [-0.2, 0) is 14.8 Å². The standard InChI is InChI=1S/C27H32Cl2N6O3S/c1-17-6-8-22(9-7-17)39(37,38)35-12-10-23(26(35)30)27(31-3)33-24-5-4-11-34(18(24)2)25(36)16-32-21-14-19(28)13-20(29)15-21/h6-10,12-15,18,24,32H,4-5,11,16,30H2,1-3H3,(H,31,33). The normalized spacial score (nSPS) is 18.2. The van der Waals surface area contributed by atoms with Crippen molar-refractivity contribution in [2.75, 3.05) is 31.2 Å². The number of carbonyl (C=O) groups excluding carboxylic acids is 1. The van der Waals surface area contributed by atoms with E-state index in [1.807, 2.05) is 18.7 Å². The topological polar surface area (TPSA) is 122 Å². The molecule has 2 unspecified atom stereocenters. The molecule has 2 heterocycles. The van der Waals surface area contributed by atoms with Gasteiger partial charge in [-0.3, -0.25) is 9.79 Å². The Morgan fingerprint density at radius 1 is 1.13 bits per heavy atom. The third kappa shape index (κ3) is 6.34. The number of amides is 1. The van der Waals surface area contributed by atoms with Gasteiger partial charge in [0.2, 0.25) is 5.91 Å². The van der Waals surface area contributed by atoms with E-state index in [-0.39, 0.29) is 35.2 Å². The molecule has 0 aliphatic carbocycles. The van der Waals surface area contributed by atoms with Gasteiger partial charge in [0.15, 0.2) is 0 Å². The quantitative estimate of drug-likeness (QED) is 0.277. The molecular formula is C27H32Cl2N6O3S. The number of hydrogen-bond acceptors (Lipinski definition) is 6. The van der Waals surface area contributed by atoms with Crippen molar-refractivity contribution in [3.05, 3.63) is 75.9 Å². The zero-order chi connectivity index (χ0) is 28.3. The number of nitrogen functional groups attached to an aromatic ring is 1. The molecule has 0 bridgehead atoms. The van der Waals surface area contributed by atoms with Crippen LogP contribution < -0.4 is 16.4 Å². The number of carbonyl (C=O) groups is 1. The molecule has 9 nitrogen and oxygen atoms in total. The fourth-order valence-corrected chi connectivity index (χ4v) is 6.53. The van der Waals surface area contributed by atoms with Crippen LogP contribution in [0.3, 0.4) is 0 Å². The highest BCUT2D eigenvalue weighted by atomic mass is 35.5. The predicted octanol–water partition coefficient (Wildman–Crippen LogP) is 4.38. The zero-order valence-electron chi connectivity index (χ0n) is 22.0. The fraction of sp³-hybridized carbons (Fsp3) is 0.333. The van der Waals surface area contributed by atoms with Gasteiger partial charge in [-0.2, -0.15) is 0 Å². The average molecular weight is 592 g/mol. The first-order chi connectivity index (χ1) is 18.5. The summed E-state index contributed by atoms with van der Waals surface area (Å²) in [7, 11) is -2.26. The summed E-state index contributed by atoms with van der Waals surface area (Å²) in [5, 5.41) is 7.48. The van der Waals surface area contributed by atoms with Gasteiger partial charge in [0, 0.05) is 47.6 Å². The monoisotopic (exact) mass is 590 g/mol. The van der Waals surface area contributed by atoms with Crippen molar-refractivity contribution < 1.29 is 13.2 Å². The molecule has 1 amide bonds. The number of nitrogens with one attached hydrogen (secondary N) is 2. The molecule has 1 aliphatic heterocycles. The number of hydrogen-bond donors (Lipinski definition) is 3. The van der Waals surface area contributed by atoms with E-state index in [4.69, 9.17) is 28.9 Å². The number of halogens is 2. The van der Waals surface area contributed by atoms with Gasteiger partial charge in [0.05, 0.1) is 17.0 Å². The Balaban J connectivity index is 1.46. The number of benzene rings is 2. The molecule has 12 heteroatoms. The fourth-order valence-electron chi connectivity index (χ4n) is 4.72. The van der Waals surface area contributed by atoms with Crippen LogP contribution in [0.2, 0.25) is 10.0 Å². The summed E-state index contributed by atoms with van der Waals surface area (Å²) in [6.07, 6.45) is 3.04. The van der Waals surface area contributed by atoms with Crippen molar-refractivity contribution in [1.82, 2.24) is 14.2 Å². The largest absolute Gasteiger partial charge is 0.384 e. The SMILES string of the molecule is CN=C(NC1CCCN(C(=O)CNc2cc(Cl)cc(Cl)c2)C1C)c1ccn(S(=O)(=O)c2ccc(C)cc2)c1N. The number of aliphatic imine (C=N–C) groups is 1. The lowest BCUT2D eigenvalue weighted by Gasteiger charge is -2.40. The van der Waals surface area contributed by atoms with Crippen molar-refractivity contribution in [2.45, 2.75) is 43.7 Å². The van der Waals surface area contributed by atoms with Crippen molar-refractivity contribution in [3.63, 3.8) is 0 Å². The molecule has 2 atom stereocenters. The minimum atomic E-state index is -3.87. The van der Waals surface area contributed by atoms with E-state index in [1.165, 1.54) is 6.20 Å². The van der Waals surface area contributed by atoms with Crippen molar-refractivity contribution >= 4 is 56.5 Å². The second-order valence-electron chi connectivity index (χ2n) is 9.53. The molecule has 4 rings (SSSR count). The average Bonchev–Trinajstić information content (AvgIpc) is 3.28. The van der Waals surface area contributed by atoms with Gasteiger partial charge in [0.25, 0.3) is 10.0 Å². The van der Waals surface area contributed by atoms with Gasteiger partial charge in [0.1, 0.15) is 11.7 Å². The van der Waals surface area contributed by atoms with Gasteiger partial charge in [-0.25, -0.2) is 12.4 Å². The Labute approximate surface area is 239 Å². The van der Waals surface area contributed by atoms with Crippen LogP contribution in [0, 0.1) is 6.92 Å². The first-order valence-corrected chi connectivity index (χ1v) is 14.7. The molecule has 0 spiro atoms. The van der Waals surface area contributed by atoms with Gasteiger partial charge in [-0.15, -0.1) is 0 Å². The highest BCUT2D eigenvalue weighted by Crippen LogP contribution is 2.25. The number of rotatable bonds is 7. The first-order valence-electron chi connectivity index (χ1n) is 12.5. The number of nitrogens with zero attached hydrogens (tertiary/aromatic N) is 3. The number of anilines is 2. The number of nitrogens with two attached hydrogens (primary N) is 1.